The van der Waals surface area contributed by atoms with Gasteiger partial charge in [0.25, 0.3) is 0 Å². The van der Waals surface area contributed by atoms with Crippen LogP contribution in [-0.2, 0) is 14.3 Å². The third kappa shape index (κ3) is 11.4. The third-order valence-corrected chi connectivity index (χ3v) is 6.94. The molecule has 5 heteroatoms. The van der Waals surface area contributed by atoms with E-state index in [0.717, 1.165) is 12.8 Å². The average Bonchev–Trinajstić information content (AvgIpc) is 3.02. The van der Waals surface area contributed by atoms with Crippen LogP contribution in [-0.4, -0.2) is 22.2 Å². The van der Waals surface area contributed by atoms with Crippen LogP contribution in [0.4, 0.5) is 0 Å². The van der Waals surface area contributed by atoms with E-state index in [1.165, 1.54) is 77.0 Å². The summed E-state index contributed by atoms with van der Waals surface area (Å²) in [6, 6.07) is 0. The molecule has 3 atom stereocenters. The van der Waals surface area contributed by atoms with Crippen molar-refractivity contribution in [2.45, 2.75) is 120 Å². The fraction of sp³-hybridized carbons (Fsp3) is 0.833. The Balaban J connectivity index is 2.01. The van der Waals surface area contributed by atoms with Crippen LogP contribution in [0.25, 0.3) is 0 Å². The molecule has 0 aromatic carbocycles. The number of hydrogen-bond donors (Lipinski definition) is 0. The van der Waals surface area contributed by atoms with Crippen molar-refractivity contribution < 1.29 is 14.3 Å². The number of carbonyl (C=O) groups is 2. The van der Waals surface area contributed by atoms with Crippen LogP contribution < -0.4 is 0 Å². The number of carbonyl (C=O) groups excluding carboxylic acids is 2. The number of hydrogen-bond acceptors (Lipinski definition) is 3. The zero-order valence-corrected chi connectivity index (χ0v) is 19.9. The van der Waals surface area contributed by atoms with Crippen LogP contribution in [0.15, 0.2) is 12.2 Å². The molecule has 1 aliphatic rings. The molecule has 0 bridgehead atoms. The Morgan fingerprint density at radius 2 is 1.45 bits per heavy atom. The summed E-state index contributed by atoms with van der Waals surface area (Å²) in [6.45, 7) is 4.04. The first-order valence-electron chi connectivity index (χ1n) is 11.6. The van der Waals surface area contributed by atoms with Gasteiger partial charge in [0.1, 0.15) is 0 Å². The van der Waals surface area contributed by atoms with Gasteiger partial charge in [0.15, 0.2) is 0 Å². The van der Waals surface area contributed by atoms with Gasteiger partial charge in [-0.25, -0.2) is 0 Å². The van der Waals surface area contributed by atoms with E-state index in [1.54, 1.807) is 6.92 Å². The fourth-order valence-corrected chi connectivity index (χ4v) is 4.30. The van der Waals surface area contributed by atoms with E-state index in [0.29, 0.717) is 0 Å². The average molecular weight is 447 g/mol. The van der Waals surface area contributed by atoms with Crippen molar-refractivity contribution in [3.8, 4) is 0 Å². The maximum atomic E-state index is 11.7. The van der Waals surface area contributed by atoms with E-state index in [2.05, 4.69) is 11.7 Å². The second-order valence-corrected chi connectivity index (χ2v) is 9.87. The SMILES string of the molecule is CCCCCCCCCCCCCCCC=CC(C)(Cl)C(Cl)C1CC(=O)OC1=O. The normalized spacial score (nSPS) is 20.2. The maximum absolute atomic E-state index is 11.7. The highest BCUT2D eigenvalue weighted by Gasteiger charge is 2.45. The van der Waals surface area contributed by atoms with Gasteiger partial charge in [-0.3, -0.25) is 9.59 Å². The van der Waals surface area contributed by atoms with Crippen LogP contribution in [0.5, 0.6) is 0 Å². The predicted molar refractivity (Wildman–Crippen MR) is 123 cm³/mol. The number of alkyl halides is 2. The van der Waals surface area contributed by atoms with Crippen molar-refractivity contribution in [2.75, 3.05) is 0 Å². The number of rotatable bonds is 17. The van der Waals surface area contributed by atoms with Gasteiger partial charge in [-0.1, -0.05) is 96.1 Å². The van der Waals surface area contributed by atoms with Gasteiger partial charge in [-0.15, -0.1) is 23.2 Å². The van der Waals surface area contributed by atoms with Crippen molar-refractivity contribution in [2.24, 2.45) is 5.92 Å². The summed E-state index contributed by atoms with van der Waals surface area (Å²) < 4.78 is 4.58. The molecular formula is C24H40Cl2O3. The first kappa shape index (κ1) is 26.5. The third-order valence-electron chi connectivity index (χ3n) is 5.71. The molecule has 29 heavy (non-hydrogen) atoms. The molecular weight excluding hydrogens is 407 g/mol. The number of esters is 2. The van der Waals surface area contributed by atoms with Crippen LogP contribution >= 0.6 is 23.2 Å². The molecule has 0 aromatic heterocycles. The molecule has 1 heterocycles. The molecule has 168 valence electrons. The van der Waals surface area contributed by atoms with E-state index < -0.39 is 28.1 Å². The smallest absolute Gasteiger partial charge is 0.318 e. The highest BCUT2D eigenvalue weighted by Crippen LogP contribution is 2.36. The summed E-state index contributed by atoms with van der Waals surface area (Å²) in [5.41, 5.74) is 0. The molecule has 1 saturated heterocycles. The van der Waals surface area contributed by atoms with Crippen LogP contribution in [0.3, 0.4) is 0 Å². The lowest BCUT2D eigenvalue weighted by molar-refractivity contribution is -0.153. The molecule has 3 unspecified atom stereocenters. The molecule has 3 nitrogen and oxygen atoms in total. The van der Waals surface area contributed by atoms with E-state index in [-0.39, 0.29) is 6.42 Å². The molecule has 0 radical (unpaired) electrons. The summed E-state index contributed by atoms with van der Waals surface area (Å²) in [5.74, 6) is -1.74. The Morgan fingerprint density at radius 1 is 0.966 bits per heavy atom. The van der Waals surface area contributed by atoms with Gasteiger partial charge in [0.2, 0.25) is 0 Å². The molecule has 1 rings (SSSR count). The quantitative estimate of drug-likeness (QED) is 0.0754. The van der Waals surface area contributed by atoms with Crippen LogP contribution in [0.2, 0.25) is 0 Å². The number of ether oxygens (including phenoxy) is 1. The van der Waals surface area contributed by atoms with Crippen molar-refractivity contribution in [1.82, 2.24) is 0 Å². The highest BCUT2D eigenvalue weighted by molar-refractivity contribution is 6.34. The number of cyclic esters (lactones) is 2. The highest BCUT2D eigenvalue weighted by atomic mass is 35.5. The summed E-state index contributed by atoms with van der Waals surface area (Å²) in [6.07, 6.45) is 22.3. The zero-order valence-electron chi connectivity index (χ0n) is 18.4. The predicted octanol–water partition coefficient (Wildman–Crippen LogP) is 7.72. The van der Waals surface area contributed by atoms with Crippen LogP contribution in [0, 0.1) is 5.92 Å². The summed E-state index contributed by atoms with van der Waals surface area (Å²) in [4.78, 5) is 22.0. The minimum Gasteiger partial charge on any atom is -0.393 e. The topological polar surface area (TPSA) is 43.4 Å². The van der Waals surface area contributed by atoms with E-state index in [9.17, 15) is 9.59 Å². The molecule has 0 spiro atoms. The molecule has 1 fully saturated rings. The van der Waals surface area contributed by atoms with E-state index >= 15 is 0 Å². The largest absolute Gasteiger partial charge is 0.393 e. The molecule has 0 amide bonds. The van der Waals surface area contributed by atoms with Crippen molar-refractivity contribution in [1.29, 1.82) is 0 Å². The lowest BCUT2D eigenvalue weighted by Crippen LogP contribution is -2.36. The van der Waals surface area contributed by atoms with Gasteiger partial charge in [0, 0.05) is 0 Å². The zero-order chi connectivity index (χ0) is 21.5. The summed E-state index contributed by atoms with van der Waals surface area (Å²) >= 11 is 12.9. The van der Waals surface area contributed by atoms with Gasteiger partial charge < -0.3 is 4.74 Å². The minimum absolute atomic E-state index is 0.0159. The van der Waals surface area contributed by atoms with Crippen molar-refractivity contribution >= 4 is 35.1 Å². The summed E-state index contributed by atoms with van der Waals surface area (Å²) in [5, 5.41) is -0.661. The monoisotopic (exact) mass is 446 g/mol. The number of allylic oxidation sites excluding steroid dienone is 2. The van der Waals surface area contributed by atoms with E-state index in [4.69, 9.17) is 23.2 Å². The Morgan fingerprint density at radius 3 is 1.90 bits per heavy atom. The van der Waals surface area contributed by atoms with Gasteiger partial charge in [-0.05, 0) is 19.8 Å². The number of unbranched alkanes of at least 4 members (excludes halogenated alkanes) is 13. The standard InChI is InChI=1S/C24H40Cl2O3/c1-3-4-5-6-7-8-9-10-11-12-13-14-15-16-17-18-24(2,26)22(25)20-19-21(27)29-23(20)28/h17-18,20,22H,3-16,19H2,1-2H3. The lowest BCUT2D eigenvalue weighted by Gasteiger charge is -2.26. The Hall–Kier alpha value is -0.540. The number of halogens is 2. The molecule has 0 N–H and O–H groups in total. The maximum Gasteiger partial charge on any atom is 0.318 e. The first-order valence-corrected chi connectivity index (χ1v) is 12.4. The van der Waals surface area contributed by atoms with Gasteiger partial charge >= 0.3 is 11.9 Å². The van der Waals surface area contributed by atoms with Gasteiger partial charge in [0.05, 0.1) is 22.6 Å². The van der Waals surface area contributed by atoms with Crippen LogP contribution in [0.1, 0.15) is 110 Å². The van der Waals surface area contributed by atoms with Gasteiger partial charge in [-0.2, -0.15) is 0 Å². The Bertz CT molecular complexity index is 502. The molecule has 0 aromatic rings. The second-order valence-electron chi connectivity index (χ2n) is 8.59. The summed E-state index contributed by atoms with van der Waals surface area (Å²) in [7, 11) is 0. The molecule has 0 aliphatic carbocycles. The second kappa shape index (κ2) is 15.3. The molecule has 0 saturated carbocycles. The van der Waals surface area contributed by atoms with Crippen molar-refractivity contribution in [3.63, 3.8) is 0 Å². The lowest BCUT2D eigenvalue weighted by atomic mass is 9.92. The molecule has 1 aliphatic heterocycles. The Labute approximate surface area is 187 Å². The fourth-order valence-electron chi connectivity index (χ4n) is 3.79. The minimum atomic E-state index is -0.869. The first-order chi connectivity index (χ1) is 13.9. The van der Waals surface area contributed by atoms with Crippen molar-refractivity contribution in [3.05, 3.63) is 12.2 Å². The van der Waals surface area contributed by atoms with E-state index in [1.807, 2.05) is 12.2 Å². The Kier molecular flexibility index (Phi) is 14.0.